The number of nitrogens with two attached hydrogens (primary N) is 1. The van der Waals surface area contributed by atoms with Crippen LogP contribution in [0.25, 0.3) is 5.65 Å². The molecule has 0 amide bonds. The lowest BCUT2D eigenvalue weighted by atomic mass is 10.2. The van der Waals surface area contributed by atoms with Crippen LogP contribution in [0.3, 0.4) is 0 Å². The summed E-state index contributed by atoms with van der Waals surface area (Å²) in [6.45, 7) is 3.36. The van der Waals surface area contributed by atoms with Crippen LogP contribution in [-0.4, -0.2) is 14.4 Å². The van der Waals surface area contributed by atoms with E-state index in [9.17, 15) is 0 Å². The number of anilines is 1. The van der Waals surface area contributed by atoms with E-state index in [0.29, 0.717) is 23.9 Å². The molecule has 3 aromatic heterocycles. The van der Waals surface area contributed by atoms with Gasteiger partial charge in [0.1, 0.15) is 10.8 Å². The molecule has 3 N–H and O–H groups in total. The Kier molecular flexibility index (Phi) is 3.77. The molecule has 0 fully saturated rings. The number of pyridine rings is 2. The quantitative estimate of drug-likeness (QED) is 0.727. The number of nitrogens with one attached hydrogen (secondary N) is 1. The molecule has 3 heterocycles. The van der Waals surface area contributed by atoms with Gasteiger partial charge in [-0.2, -0.15) is 0 Å². The molecule has 3 aromatic rings. The van der Waals surface area contributed by atoms with Crippen molar-refractivity contribution in [2.45, 2.75) is 20.0 Å². The Morgan fingerprint density at radius 3 is 2.95 bits per heavy atom. The summed E-state index contributed by atoms with van der Waals surface area (Å²) < 4.78 is 2.08. The molecule has 0 aromatic carbocycles. The Hall–Kier alpha value is -2.11. The van der Waals surface area contributed by atoms with Crippen molar-refractivity contribution >= 4 is 22.9 Å². The molecule has 0 unspecified atom stereocenters. The molecule has 0 bridgehead atoms. The molecular formula is C15H16ClN5. The predicted octanol–water partition coefficient (Wildman–Crippen LogP) is 2.56. The van der Waals surface area contributed by atoms with Gasteiger partial charge < -0.3 is 15.5 Å². The zero-order chi connectivity index (χ0) is 14.8. The first-order valence-electron chi connectivity index (χ1n) is 6.68. The first kappa shape index (κ1) is 13.9. The summed E-state index contributed by atoms with van der Waals surface area (Å²) in [7, 11) is 0. The monoisotopic (exact) mass is 301 g/mol. The van der Waals surface area contributed by atoms with Gasteiger partial charge in [0.05, 0.1) is 5.69 Å². The Labute approximate surface area is 127 Å². The van der Waals surface area contributed by atoms with Crippen LogP contribution in [0.15, 0.2) is 36.7 Å². The Morgan fingerprint density at radius 2 is 2.19 bits per heavy atom. The van der Waals surface area contributed by atoms with Crippen molar-refractivity contribution in [3.8, 4) is 0 Å². The van der Waals surface area contributed by atoms with Crippen LogP contribution in [0.4, 0.5) is 5.69 Å². The summed E-state index contributed by atoms with van der Waals surface area (Å²) in [5, 5.41) is 3.73. The van der Waals surface area contributed by atoms with Crippen molar-refractivity contribution < 1.29 is 0 Å². The minimum absolute atomic E-state index is 0.409. The first-order chi connectivity index (χ1) is 10.1. The largest absolute Gasteiger partial charge is 0.398 e. The van der Waals surface area contributed by atoms with E-state index in [-0.39, 0.29) is 0 Å². The second-order valence-corrected chi connectivity index (χ2v) is 5.32. The molecule has 21 heavy (non-hydrogen) atoms. The zero-order valence-electron chi connectivity index (χ0n) is 11.7. The maximum absolute atomic E-state index is 5.90. The van der Waals surface area contributed by atoms with Crippen LogP contribution in [0.5, 0.6) is 0 Å². The number of hydrogen-bond donors (Lipinski definition) is 2. The third-order valence-electron chi connectivity index (χ3n) is 3.36. The van der Waals surface area contributed by atoms with Crippen molar-refractivity contribution in [1.82, 2.24) is 19.7 Å². The standard InChI is InChI=1S/C15H16ClN5/c1-10-3-2-4-15-20-12(9-21(10)15)8-18-6-11-7-19-14(16)5-13(11)17/h2-5,7,9,18H,6,8H2,1H3,(H2,17,19). The van der Waals surface area contributed by atoms with Crippen LogP contribution in [-0.2, 0) is 13.1 Å². The summed E-state index contributed by atoms with van der Waals surface area (Å²) in [4.78, 5) is 8.61. The van der Waals surface area contributed by atoms with Gasteiger partial charge in [-0.05, 0) is 25.1 Å². The van der Waals surface area contributed by atoms with E-state index in [4.69, 9.17) is 17.3 Å². The van der Waals surface area contributed by atoms with Crippen LogP contribution in [0.1, 0.15) is 17.0 Å². The van der Waals surface area contributed by atoms with Gasteiger partial charge >= 0.3 is 0 Å². The maximum Gasteiger partial charge on any atom is 0.137 e. The molecule has 0 atom stereocenters. The van der Waals surface area contributed by atoms with Gasteiger partial charge in [0.15, 0.2) is 0 Å². The molecular weight excluding hydrogens is 286 g/mol. The highest BCUT2D eigenvalue weighted by molar-refractivity contribution is 6.29. The number of nitrogens with zero attached hydrogens (tertiary/aromatic N) is 3. The van der Waals surface area contributed by atoms with Crippen molar-refractivity contribution in [3.63, 3.8) is 0 Å². The molecule has 0 radical (unpaired) electrons. The lowest BCUT2D eigenvalue weighted by Crippen LogP contribution is -2.14. The molecule has 0 aliphatic heterocycles. The van der Waals surface area contributed by atoms with Gasteiger partial charge in [0, 0.05) is 42.4 Å². The van der Waals surface area contributed by atoms with E-state index in [0.717, 1.165) is 22.6 Å². The minimum atomic E-state index is 0.409. The number of halogens is 1. The molecule has 0 saturated heterocycles. The summed E-state index contributed by atoms with van der Waals surface area (Å²) in [5.41, 5.74) is 10.6. The van der Waals surface area contributed by atoms with E-state index in [1.54, 1.807) is 12.3 Å². The highest BCUT2D eigenvalue weighted by atomic mass is 35.5. The van der Waals surface area contributed by atoms with Gasteiger partial charge in [-0.15, -0.1) is 0 Å². The molecule has 0 aliphatic rings. The third kappa shape index (κ3) is 2.99. The van der Waals surface area contributed by atoms with Gasteiger partial charge in [-0.25, -0.2) is 9.97 Å². The molecule has 0 saturated carbocycles. The average Bonchev–Trinajstić information content (AvgIpc) is 2.86. The van der Waals surface area contributed by atoms with Crippen LogP contribution < -0.4 is 11.1 Å². The van der Waals surface area contributed by atoms with Gasteiger partial charge in [0.2, 0.25) is 0 Å². The lowest BCUT2D eigenvalue weighted by Gasteiger charge is -2.06. The van der Waals surface area contributed by atoms with E-state index in [1.807, 2.05) is 18.3 Å². The number of rotatable bonds is 4. The fourth-order valence-electron chi connectivity index (χ4n) is 2.23. The normalized spacial score (nSPS) is 11.1. The Bertz CT molecular complexity index is 781. The molecule has 0 aliphatic carbocycles. The summed E-state index contributed by atoms with van der Waals surface area (Å²) in [5.74, 6) is 0. The van der Waals surface area contributed by atoms with Crippen molar-refractivity contribution in [3.05, 3.63) is 58.8 Å². The summed E-state index contributed by atoms with van der Waals surface area (Å²) in [6, 6.07) is 7.73. The molecule has 6 heteroatoms. The highest BCUT2D eigenvalue weighted by Gasteiger charge is 2.04. The molecule has 0 spiro atoms. The van der Waals surface area contributed by atoms with Crippen LogP contribution >= 0.6 is 11.6 Å². The van der Waals surface area contributed by atoms with Gasteiger partial charge in [-0.3, -0.25) is 0 Å². The third-order valence-corrected chi connectivity index (χ3v) is 3.56. The zero-order valence-corrected chi connectivity index (χ0v) is 12.4. The van der Waals surface area contributed by atoms with Crippen molar-refractivity contribution in [2.75, 3.05) is 5.73 Å². The van der Waals surface area contributed by atoms with Gasteiger partial charge in [-0.1, -0.05) is 17.7 Å². The number of fused-ring (bicyclic) bond motifs is 1. The average molecular weight is 302 g/mol. The SMILES string of the molecule is Cc1cccc2nc(CNCc3cnc(Cl)cc3N)cn12. The van der Waals surface area contributed by atoms with E-state index < -0.39 is 0 Å². The second kappa shape index (κ2) is 5.71. The van der Waals surface area contributed by atoms with E-state index in [2.05, 4.69) is 32.7 Å². The predicted molar refractivity (Wildman–Crippen MR) is 84.1 cm³/mol. The minimum Gasteiger partial charge on any atom is -0.398 e. The van der Waals surface area contributed by atoms with E-state index >= 15 is 0 Å². The smallest absolute Gasteiger partial charge is 0.137 e. The Morgan fingerprint density at radius 1 is 1.33 bits per heavy atom. The number of aromatic nitrogens is 3. The van der Waals surface area contributed by atoms with Crippen LogP contribution in [0, 0.1) is 6.92 Å². The maximum atomic E-state index is 5.90. The summed E-state index contributed by atoms with van der Waals surface area (Å²) in [6.07, 6.45) is 3.74. The number of hydrogen-bond acceptors (Lipinski definition) is 4. The fraction of sp³-hybridized carbons (Fsp3) is 0.200. The highest BCUT2D eigenvalue weighted by Crippen LogP contribution is 2.15. The van der Waals surface area contributed by atoms with E-state index in [1.165, 1.54) is 0 Å². The van der Waals surface area contributed by atoms with Crippen molar-refractivity contribution in [1.29, 1.82) is 0 Å². The number of imidazole rings is 1. The summed E-state index contributed by atoms with van der Waals surface area (Å²) >= 11 is 5.78. The molecule has 3 rings (SSSR count). The lowest BCUT2D eigenvalue weighted by molar-refractivity contribution is 0.682. The Balaban J connectivity index is 1.68. The number of aryl methyl sites for hydroxylation is 1. The second-order valence-electron chi connectivity index (χ2n) is 4.94. The first-order valence-corrected chi connectivity index (χ1v) is 7.05. The molecule has 5 nitrogen and oxygen atoms in total. The number of nitrogen functional groups attached to an aromatic ring is 1. The van der Waals surface area contributed by atoms with Crippen molar-refractivity contribution in [2.24, 2.45) is 0 Å². The molecule has 108 valence electrons. The topological polar surface area (TPSA) is 68.2 Å². The van der Waals surface area contributed by atoms with Gasteiger partial charge in [0.25, 0.3) is 0 Å². The fourth-order valence-corrected chi connectivity index (χ4v) is 2.40. The van der Waals surface area contributed by atoms with Crippen LogP contribution in [0.2, 0.25) is 5.15 Å².